The summed E-state index contributed by atoms with van der Waals surface area (Å²) < 4.78 is 21.6. The monoisotopic (exact) mass is 227 g/mol. The maximum atomic E-state index is 10.8. The molecule has 0 bridgehead atoms. The van der Waals surface area contributed by atoms with Crippen molar-refractivity contribution in [3.8, 4) is 0 Å². The smallest absolute Gasteiger partial charge is 0.263 e. The summed E-state index contributed by atoms with van der Waals surface area (Å²) in [5.74, 6) is 0. The normalized spacial score (nSPS) is 10.5. The van der Waals surface area contributed by atoms with Gasteiger partial charge in [0.15, 0.2) is 0 Å². The van der Waals surface area contributed by atoms with Gasteiger partial charge in [-0.25, -0.2) is 8.42 Å². The van der Waals surface area contributed by atoms with Gasteiger partial charge in [-0.05, 0) is 18.6 Å². The fraction of sp³-hybridized carbons (Fsp3) is 0.167. The van der Waals surface area contributed by atoms with Crippen molar-refractivity contribution in [3.63, 3.8) is 0 Å². The molecule has 0 aromatic carbocycles. The van der Waals surface area contributed by atoms with E-state index in [-0.39, 0.29) is 17.3 Å². The zero-order valence-electron chi connectivity index (χ0n) is 6.19. The third-order valence-corrected chi connectivity index (χ3v) is 2.71. The van der Waals surface area contributed by atoms with Crippen molar-refractivity contribution in [2.75, 3.05) is 0 Å². The van der Waals surface area contributed by atoms with E-state index < -0.39 is 9.05 Å². The number of hydrogen-bond acceptors (Lipinski definition) is 3. The maximum Gasteiger partial charge on any atom is 0.263 e. The molecule has 0 spiro atoms. The summed E-state index contributed by atoms with van der Waals surface area (Å²) in [4.78, 5) is 3.72. The Bertz CT molecular complexity index is 364. The Morgan fingerprint density at radius 3 is 2.42 bits per heavy atom. The molecule has 0 unspecified atom stereocenters. The number of pyridine rings is 1. The molecule has 12 heavy (non-hydrogen) atoms. The van der Waals surface area contributed by atoms with Gasteiger partial charge >= 0.3 is 0 Å². The number of nitrogens with zero attached hydrogens (tertiary/aromatic N) is 1. The van der Waals surface area contributed by atoms with Gasteiger partial charge in [0.05, 0.1) is 0 Å². The molecule has 0 aliphatic carbocycles. The van der Waals surface area contributed by atoms with Gasteiger partial charge in [0.1, 0.15) is 4.90 Å². The Hall–Kier alpha value is -0.320. The van der Waals surface area contributed by atoms with Crippen LogP contribution in [0, 0.1) is 6.92 Å². The van der Waals surface area contributed by atoms with Gasteiger partial charge in [-0.2, -0.15) is 0 Å². The molecule has 0 atom stereocenters. The Morgan fingerprint density at radius 2 is 2.08 bits per heavy atom. The molecule has 1 rings (SSSR count). The molecule has 0 aliphatic heterocycles. The zero-order valence-corrected chi connectivity index (χ0v) is 8.58. The summed E-state index contributed by atoms with van der Waals surface area (Å²) in [6.07, 6.45) is 2.75. The largest absolute Gasteiger partial charge is 0.263 e. The van der Waals surface area contributed by atoms with Crippen LogP contribution in [0.3, 0.4) is 0 Å². The Kier molecular flexibility index (Phi) is 3.96. The Labute approximate surface area is 81.6 Å². The average Bonchev–Trinajstić information content (AvgIpc) is 1.86. The van der Waals surface area contributed by atoms with Crippen LogP contribution in [0.2, 0.25) is 0 Å². The fourth-order valence-electron chi connectivity index (χ4n) is 0.705. The molecule has 0 amide bonds. The van der Waals surface area contributed by atoms with Crippen molar-refractivity contribution in [2.45, 2.75) is 11.8 Å². The Balaban J connectivity index is 0.00000121. The first-order chi connectivity index (χ1) is 5.02. The van der Waals surface area contributed by atoms with Crippen LogP contribution in [0.1, 0.15) is 5.56 Å². The van der Waals surface area contributed by atoms with Crippen LogP contribution in [0.5, 0.6) is 0 Å². The van der Waals surface area contributed by atoms with Gasteiger partial charge < -0.3 is 0 Å². The number of aryl methyl sites for hydroxylation is 1. The third-order valence-electron chi connectivity index (χ3n) is 1.25. The average molecular weight is 228 g/mol. The minimum Gasteiger partial charge on any atom is -0.263 e. The van der Waals surface area contributed by atoms with E-state index in [9.17, 15) is 8.42 Å². The van der Waals surface area contributed by atoms with Crippen molar-refractivity contribution in [3.05, 3.63) is 24.0 Å². The van der Waals surface area contributed by atoms with Crippen molar-refractivity contribution < 1.29 is 8.42 Å². The molecule has 0 N–H and O–H groups in total. The number of aromatic nitrogens is 1. The van der Waals surface area contributed by atoms with E-state index in [2.05, 4.69) is 4.98 Å². The minimum atomic E-state index is -3.62. The second-order valence-electron chi connectivity index (χ2n) is 2.08. The van der Waals surface area contributed by atoms with E-state index >= 15 is 0 Å². The van der Waals surface area contributed by atoms with E-state index in [4.69, 9.17) is 10.7 Å². The van der Waals surface area contributed by atoms with E-state index in [0.717, 1.165) is 0 Å². The van der Waals surface area contributed by atoms with Gasteiger partial charge in [-0.1, -0.05) is 0 Å². The van der Waals surface area contributed by atoms with Gasteiger partial charge in [-0.15, -0.1) is 12.4 Å². The first-order valence-electron chi connectivity index (χ1n) is 2.87. The predicted molar refractivity (Wildman–Crippen MR) is 49.3 cm³/mol. The topological polar surface area (TPSA) is 47.0 Å². The predicted octanol–water partition coefficient (Wildman–Crippen LogP) is 1.74. The fourth-order valence-corrected chi connectivity index (χ4v) is 1.83. The van der Waals surface area contributed by atoms with Crippen LogP contribution in [0.4, 0.5) is 0 Å². The summed E-state index contributed by atoms with van der Waals surface area (Å²) in [5.41, 5.74) is 0.606. The number of rotatable bonds is 1. The molecule has 0 saturated carbocycles. The quantitative estimate of drug-likeness (QED) is 0.688. The standard InChI is InChI=1S/C6H6ClNO2S.ClH/c1-5-2-3-8-4-6(5)11(7,9)10;/h2-4H,1H3;1H. The summed E-state index contributed by atoms with van der Waals surface area (Å²) in [6.45, 7) is 1.66. The second kappa shape index (κ2) is 4.07. The molecule has 68 valence electrons. The van der Waals surface area contributed by atoms with Crippen molar-refractivity contribution in [2.24, 2.45) is 0 Å². The number of hydrogen-bond donors (Lipinski definition) is 0. The summed E-state index contributed by atoms with van der Waals surface area (Å²) in [7, 11) is 1.47. The van der Waals surface area contributed by atoms with E-state index in [1.807, 2.05) is 0 Å². The highest BCUT2D eigenvalue weighted by atomic mass is 35.7. The van der Waals surface area contributed by atoms with Crippen molar-refractivity contribution in [1.82, 2.24) is 4.98 Å². The van der Waals surface area contributed by atoms with E-state index in [1.165, 1.54) is 12.4 Å². The molecule has 0 saturated heterocycles. The third kappa shape index (κ3) is 2.62. The van der Waals surface area contributed by atoms with Crippen molar-refractivity contribution >= 4 is 32.1 Å². The van der Waals surface area contributed by atoms with Gasteiger partial charge in [0.25, 0.3) is 9.05 Å². The summed E-state index contributed by atoms with van der Waals surface area (Å²) >= 11 is 0. The van der Waals surface area contributed by atoms with Gasteiger partial charge in [0.2, 0.25) is 0 Å². The zero-order chi connectivity index (χ0) is 8.48. The van der Waals surface area contributed by atoms with Gasteiger partial charge in [0, 0.05) is 23.1 Å². The highest BCUT2D eigenvalue weighted by Crippen LogP contribution is 2.16. The highest BCUT2D eigenvalue weighted by molar-refractivity contribution is 8.13. The first kappa shape index (κ1) is 11.7. The molecule has 3 nitrogen and oxygen atoms in total. The van der Waals surface area contributed by atoms with Crippen LogP contribution in [0.25, 0.3) is 0 Å². The molecular weight excluding hydrogens is 221 g/mol. The summed E-state index contributed by atoms with van der Waals surface area (Å²) in [6, 6.07) is 1.59. The van der Waals surface area contributed by atoms with Crippen LogP contribution in [0.15, 0.2) is 23.4 Å². The lowest BCUT2D eigenvalue weighted by molar-refractivity contribution is 0.608. The second-order valence-corrected chi connectivity index (χ2v) is 4.61. The molecule has 0 fully saturated rings. The SMILES string of the molecule is Cc1ccncc1S(=O)(=O)Cl.Cl. The lowest BCUT2D eigenvalue weighted by Crippen LogP contribution is -1.94. The lowest BCUT2D eigenvalue weighted by atomic mass is 10.3. The molecule has 1 heterocycles. The lowest BCUT2D eigenvalue weighted by Gasteiger charge is -1.97. The van der Waals surface area contributed by atoms with Crippen LogP contribution in [-0.4, -0.2) is 13.4 Å². The minimum absolute atomic E-state index is 0. The molecular formula is C6H7Cl2NO2S. The van der Waals surface area contributed by atoms with Crippen LogP contribution >= 0.6 is 23.1 Å². The maximum absolute atomic E-state index is 10.8. The van der Waals surface area contributed by atoms with Crippen LogP contribution in [-0.2, 0) is 9.05 Å². The molecule has 6 heteroatoms. The molecule has 0 radical (unpaired) electrons. The number of halogens is 2. The van der Waals surface area contributed by atoms with Gasteiger partial charge in [-0.3, -0.25) is 4.98 Å². The van der Waals surface area contributed by atoms with Crippen molar-refractivity contribution in [1.29, 1.82) is 0 Å². The molecule has 1 aromatic rings. The molecule has 1 aromatic heterocycles. The van der Waals surface area contributed by atoms with Crippen LogP contribution < -0.4 is 0 Å². The molecule has 0 aliphatic rings. The van der Waals surface area contributed by atoms with E-state index in [1.54, 1.807) is 13.0 Å². The van der Waals surface area contributed by atoms with E-state index in [0.29, 0.717) is 5.56 Å². The summed E-state index contributed by atoms with van der Waals surface area (Å²) in [5, 5.41) is 0. The first-order valence-corrected chi connectivity index (χ1v) is 5.18. The highest BCUT2D eigenvalue weighted by Gasteiger charge is 2.11. The Morgan fingerprint density at radius 1 is 1.50 bits per heavy atom.